The van der Waals surface area contributed by atoms with Crippen molar-refractivity contribution in [2.75, 3.05) is 19.8 Å². The van der Waals surface area contributed by atoms with Gasteiger partial charge in [-0.2, -0.15) is 0 Å². The van der Waals surface area contributed by atoms with Crippen LogP contribution in [0.4, 0.5) is 4.79 Å². The molecule has 0 fully saturated rings. The number of urea groups is 1. The Bertz CT molecular complexity index is 460. The molecule has 0 aromatic heterocycles. The number of amides is 2. The number of unbranched alkanes of at least 4 members (excludes halogenated alkanes) is 1. The van der Waals surface area contributed by atoms with Crippen molar-refractivity contribution in [3.05, 3.63) is 29.8 Å². The number of carbonyl (C=O) groups is 1. The van der Waals surface area contributed by atoms with Crippen LogP contribution in [0.5, 0.6) is 5.75 Å². The van der Waals surface area contributed by atoms with Gasteiger partial charge in [0, 0.05) is 19.8 Å². The van der Waals surface area contributed by atoms with Gasteiger partial charge in [0.2, 0.25) is 0 Å². The maximum absolute atomic E-state index is 11.8. The van der Waals surface area contributed by atoms with E-state index in [1.807, 2.05) is 31.2 Å². The lowest BCUT2D eigenvalue weighted by Gasteiger charge is -2.17. The van der Waals surface area contributed by atoms with Crippen LogP contribution in [0.1, 0.15) is 58.4 Å². The maximum atomic E-state index is 11.8. The second-order valence-electron chi connectivity index (χ2n) is 6.20. The van der Waals surface area contributed by atoms with Gasteiger partial charge < -0.3 is 20.1 Å². The number of hydrogen-bond donors (Lipinski definition) is 2. The topological polar surface area (TPSA) is 59.6 Å². The van der Waals surface area contributed by atoms with Crippen molar-refractivity contribution in [2.45, 2.75) is 59.1 Å². The Hall–Kier alpha value is -1.75. The standard InChI is InChI=1S/C19H32N2O3/c1-5-6-13-23-14-7-12-20-19(22)21-16(4)24-18-10-8-17(9-11-18)15(2)3/h8-11,15-16H,5-7,12-14H2,1-4H3,(H2,20,21,22). The molecule has 0 bridgehead atoms. The number of rotatable bonds is 11. The first-order chi connectivity index (χ1) is 11.5. The minimum atomic E-state index is -0.393. The highest BCUT2D eigenvalue weighted by molar-refractivity contribution is 5.73. The zero-order valence-corrected chi connectivity index (χ0v) is 15.4. The third-order valence-electron chi connectivity index (χ3n) is 3.59. The van der Waals surface area contributed by atoms with Crippen molar-refractivity contribution < 1.29 is 14.3 Å². The van der Waals surface area contributed by atoms with Gasteiger partial charge >= 0.3 is 6.03 Å². The van der Waals surface area contributed by atoms with Crippen molar-refractivity contribution in [1.29, 1.82) is 0 Å². The van der Waals surface area contributed by atoms with E-state index in [1.54, 1.807) is 0 Å². The molecule has 1 unspecified atom stereocenters. The fraction of sp³-hybridized carbons (Fsp3) is 0.632. The van der Waals surface area contributed by atoms with Gasteiger partial charge in [-0.05, 0) is 43.4 Å². The third-order valence-corrected chi connectivity index (χ3v) is 3.59. The molecule has 0 aliphatic carbocycles. The smallest absolute Gasteiger partial charge is 0.317 e. The average Bonchev–Trinajstić information content (AvgIpc) is 2.54. The van der Waals surface area contributed by atoms with Gasteiger partial charge in [0.15, 0.2) is 6.23 Å². The lowest BCUT2D eigenvalue weighted by atomic mass is 10.0. The van der Waals surface area contributed by atoms with Crippen LogP contribution >= 0.6 is 0 Å². The molecule has 0 saturated carbocycles. The van der Waals surface area contributed by atoms with Gasteiger partial charge in [-0.15, -0.1) is 0 Å². The molecule has 0 aliphatic rings. The highest BCUT2D eigenvalue weighted by Crippen LogP contribution is 2.19. The van der Waals surface area contributed by atoms with E-state index in [0.29, 0.717) is 19.1 Å². The van der Waals surface area contributed by atoms with Crippen molar-refractivity contribution in [3.63, 3.8) is 0 Å². The first-order valence-corrected chi connectivity index (χ1v) is 8.91. The maximum Gasteiger partial charge on any atom is 0.317 e. The summed E-state index contributed by atoms with van der Waals surface area (Å²) in [5.74, 6) is 1.24. The van der Waals surface area contributed by atoms with Gasteiger partial charge in [0.25, 0.3) is 0 Å². The van der Waals surface area contributed by atoms with Crippen LogP contribution in [0.3, 0.4) is 0 Å². The predicted molar refractivity (Wildman–Crippen MR) is 97.5 cm³/mol. The second kappa shape index (κ2) is 11.7. The molecule has 1 aromatic carbocycles. The van der Waals surface area contributed by atoms with Gasteiger partial charge in [0.1, 0.15) is 5.75 Å². The zero-order valence-electron chi connectivity index (χ0n) is 15.4. The van der Waals surface area contributed by atoms with Gasteiger partial charge in [-0.25, -0.2) is 4.79 Å². The summed E-state index contributed by atoms with van der Waals surface area (Å²) in [7, 11) is 0. The highest BCUT2D eigenvalue weighted by atomic mass is 16.5. The molecule has 1 rings (SSSR count). The SMILES string of the molecule is CCCCOCCCNC(=O)NC(C)Oc1ccc(C(C)C)cc1. The van der Waals surface area contributed by atoms with E-state index in [1.165, 1.54) is 5.56 Å². The fourth-order valence-corrected chi connectivity index (χ4v) is 2.13. The summed E-state index contributed by atoms with van der Waals surface area (Å²) in [5, 5.41) is 5.57. The van der Waals surface area contributed by atoms with Crippen molar-refractivity contribution >= 4 is 6.03 Å². The summed E-state index contributed by atoms with van der Waals surface area (Å²) in [4.78, 5) is 11.8. The molecule has 0 saturated heterocycles. The normalized spacial score (nSPS) is 12.0. The van der Waals surface area contributed by atoms with E-state index in [-0.39, 0.29) is 6.03 Å². The van der Waals surface area contributed by atoms with Crippen LogP contribution in [-0.4, -0.2) is 32.0 Å². The Kier molecular flexibility index (Phi) is 9.92. The van der Waals surface area contributed by atoms with Gasteiger partial charge in [-0.3, -0.25) is 0 Å². The van der Waals surface area contributed by atoms with E-state index < -0.39 is 6.23 Å². The Morgan fingerprint density at radius 1 is 1.08 bits per heavy atom. The molecular weight excluding hydrogens is 304 g/mol. The summed E-state index contributed by atoms with van der Waals surface area (Å²) >= 11 is 0. The van der Waals surface area contributed by atoms with Crippen molar-refractivity contribution in [2.24, 2.45) is 0 Å². The monoisotopic (exact) mass is 336 g/mol. The first kappa shape index (κ1) is 20.3. The Morgan fingerprint density at radius 2 is 1.75 bits per heavy atom. The number of benzene rings is 1. The minimum Gasteiger partial charge on any atom is -0.471 e. The molecule has 2 N–H and O–H groups in total. The molecule has 0 aliphatic heterocycles. The number of ether oxygens (including phenoxy) is 2. The fourth-order valence-electron chi connectivity index (χ4n) is 2.13. The zero-order chi connectivity index (χ0) is 17.8. The van der Waals surface area contributed by atoms with Crippen LogP contribution < -0.4 is 15.4 Å². The lowest BCUT2D eigenvalue weighted by molar-refractivity contribution is 0.128. The van der Waals surface area contributed by atoms with Gasteiger partial charge in [0.05, 0.1) is 0 Å². The summed E-state index contributed by atoms with van der Waals surface area (Å²) in [6.45, 7) is 10.3. The largest absolute Gasteiger partial charge is 0.471 e. The van der Waals surface area contributed by atoms with Crippen LogP contribution in [0, 0.1) is 0 Å². The predicted octanol–water partition coefficient (Wildman–Crippen LogP) is 4.04. The number of hydrogen-bond acceptors (Lipinski definition) is 3. The first-order valence-electron chi connectivity index (χ1n) is 8.91. The molecule has 24 heavy (non-hydrogen) atoms. The molecular formula is C19H32N2O3. The Morgan fingerprint density at radius 3 is 2.38 bits per heavy atom. The summed E-state index contributed by atoms with van der Waals surface area (Å²) in [5.41, 5.74) is 1.27. The van der Waals surface area contributed by atoms with E-state index in [4.69, 9.17) is 9.47 Å². The van der Waals surface area contributed by atoms with Crippen LogP contribution in [0.2, 0.25) is 0 Å². The van der Waals surface area contributed by atoms with E-state index in [0.717, 1.165) is 31.6 Å². The molecule has 1 atom stereocenters. The summed E-state index contributed by atoms with van der Waals surface area (Å²) < 4.78 is 11.1. The lowest BCUT2D eigenvalue weighted by Crippen LogP contribution is -2.43. The summed E-state index contributed by atoms with van der Waals surface area (Å²) in [6, 6.07) is 7.73. The minimum absolute atomic E-state index is 0.227. The second-order valence-corrected chi connectivity index (χ2v) is 6.20. The van der Waals surface area contributed by atoms with Gasteiger partial charge in [-0.1, -0.05) is 39.3 Å². The average molecular weight is 336 g/mol. The molecule has 2 amide bonds. The molecule has 5 heteroatoms. The Labute approximate surface area is 146 Å². The van der Waals surface area contributed by atoms with E-state index in [9.17, 15) is 4.79 Å². The molecule has 0 spiro atoms. The van der Waals surface area contributed by atoms with Crippen molar-refractivity contribution in [3.8, 4) is 5.75 Å². The Balaban J connectivity index is 2.17. The van der Waals surface area contributed by atoms with Crippen LogP contribution in [-0.2, 0) is 4.74 Å². The molecule has 136 valence electrons. The quantitative estimate of drug-likeness (QED) is 0.473. The molecule has 0 radical (unpaired) electrons. The van der Waals surface area contributed by atoms with Crippen LogP contribution in [0.15, 0.2) is 24.3 Å². The van der Waals surface area contributed by atoms with E-state index in [2.05, 4.69) is 31.4 Å². The molecule has 0 heterocycles. The molecule has 1 aromatic rings. The summed E-state index contributed by atoms with van der Waals surface area (Å²) in [6.07, 6.45) is 2.64. The van der Waals surface area contributed by atoms with Crippen molar-refractivity contribution in [1.82, 2.24) is 10.6 Å². The number of nitrogens with one attached hydrogen (secondary N) is 2. The number of carbonyl (C=O) groups excluding carboxylic acids is 1. The van der Waals surface area contributed by atoms with Crippen LogP contribution in [0.25, 0.3) is 0 Å². The third kappa shape index (κ3) is 8.77. The van der Waals surface area contributed by atoms with E-state index >= 15 is 0 Å². The molecule has 5 nitrogen and oxygen atoms in total. The highest BCUT2D eigenvalue weighted by Gasteiger charge is 2.08.